The van der Waals surface area contributed by atoms with Gasteiger partial charge in [0.2, 0.25) is 0 Å². The lowest BCUT2D eigenvalue weighted by Crippen LogP contribution is -2.42. The fraction of sp³-hybridized carbons (Fsp3) is 0.435. The van der Waals surface area contributed by atoms with Gasteiger partial charge in [0.05, 0.1) is 32.4 Å². The van der Waals surface area contributed by atoms with Gasteiger partial charge in [-0.25, -0.2) is 9.18 Å². The Morgan fingerprint density at radius 2 is 2.12 bits per heavy atom. The minimum absolute atomic E-state index is 0.00477. The van der Waals surface area contributed by atoms with Crippen molar-refractivity contribution in [2.45, 2.75) is 37.6 Å². The molecule has 3 rings (SSSR count). The number of thiol groups is 1. The van der Waals surface area contributed by atoms with Crippen LogP contribution < -0.4 is 0 Å². The van der Waals surface area contributed by atoms with Crippen LogP contribution in [0.1, 0.15) is 37.1 Å². The van der Waals surface area contributed by atoms with Crippen LogP contribution in [0.5, 0.6) is 0 Å². The van der Waals surface area contributed by atoms with E-state index in [9.17, 15) is 14.0 Å². The molecule has 1 aliphatic heterocycles. The molecular weight excluding hydrogens is 433 g/mol. The van der Waals surface area contributed by atoms with Crippen molar-refractivity contribution >= 4 is 30.6 Å². The number of methoxy groups -OCH3 is 1. The second-order valence-electron chi connectivity index (χ2n) is 7.50. The van der Waals surface area contributed by atoms with Crippen molar-refractivity contribution in [2.24, 2.45) is 0 Å². The molecule has 2 aromatic rings. The van der Waals surface area contributed by atoms with E-state index in [-0.39, 0.29) is 17.6 Å². The highest BCUT2D eigenvalue weighted by Crippen LogP contribution is 2.31. The Kier molecular flexibility index (Phi) is 8.46. The van der Waals surface area contributed by atoms with Crippen molar-refractivity contribution in [2.75, 3.05) is 26.8 Å². The molecular formula is C23H28FN3O4S. The first-order valence-electron chi connectivity index (χ1n) is 10.6. The molecule has 9 heteroatoms. The summed E-state index contributed by atoms with van der Waals surface area (Å²) >= 11 is 4.70. The molecule has 32 heavy (non-hydrogen) atoms. The van der Waals surface area contributed by atoms with Crippen LogP contribution in [-0.4, -0.2) is 58.7 Å². The van der Waals surface area contributed by atoms with Crippen LogP contribution in [0.25, 0.3) is 6.08 Å². The maximum atomic E-state index is 14.5. The van der Waals surface area contributed by atoms with Crippen LogP contribution in [-0.2, 0) is 25.6 Å². The van der Waals surface area contributed by atoms with Crippen molar-refractivity contribution in [3.63, 3.8) is 0 Å². The zero-order valence-electron chi connectivity index (χ0n) is 18.2. The van der Waals surface area contributed by atoms with Gasteiger partial charge in [-0.3, -0.25) is 14.4 Å². The molecule has 1 saturated heterocycles. The van der Waals surface area contributed by atoms with Gasteiger partial charge in [0.15, 0.2) is 0 Å². The number of hydrogen-bond acceptors (Lipinski definition) is 7. The maximum Gasteiger partial charge on any atom is 0.327 e. The number of piperidine rings is 1. The number of carbonyl (C=O) groups is 2. The third-order valence-corrected chi connectivity index (χ3v) is 5.93. The van der Waals surface area contributed by atoms with E-state index in [0.29, 0.717) is 38.2 Å². The average molecular weight is 462 g/mol. The van der Waals surface area contributed by atoms with E-state index >= 15 is 0 Å². The molecule has 2 atom stereocenters. The Hall–Kier alpha value is -2.65. The number of esters is 2. The molecule has 0 N–H and O–H groups in total. The molecule has 0 aliphatic carbocycles. The minimum Gasteiger partial charge on any atom is -0.468 e. The number of nitrogens with zero attached hydrogens (tertiary/aromatic N) is 3. The molecule has 7 nitrogen and oxygen atoms in total. The number of halogens is 1. The average Bonchev–Trinajstić information content (AvgIpc) is 3.23. The number of aromatic nitrogens is 2. The molecule has 1 aliphatic rings. The Morgan fingerprint density at radius 1 is 1.34 bits per heavy atom. The summed E-state index contributed by atoms with van der Waals surface area (Å²) in [5, 5.41) is 4.49. The van der Waals surface area contributed by atoms with Crippen LogP contribution in [0.3, 0.4) is 0 Å². The van der Waals surface area contributed by atoms with Crippen LogP contribution in [0, 0.1) is 5.82 Å². The van der Waals surface area contributed by atoms with Crippen molar-refractivity contribution < 1.29 is 23.5 Å². The van der Waals surface area contributed by atoms with Gasteiger partial charge in [0, 0.05) is 30.1 Å². The maximum absolute atomic E-state index is 14.5. The summed E-state index contributed by atoms with van der Waals surface area (Å²) < 4.78 is 26.1. The number of ether oxygens (including phenoxy) is 2. The first-order chi connectivity index (χ1) is 15.4. The van der Waals surface area contributed by atoms with Crippen molar-refractivity contribution in [3.05, 3.63) is 59.2 Å². The molecule has 1 fully saturated rings. The summed E-state index contributed by atoms with van der Waals surface area (Å²) in [5.41, 5.74) is 1.99. The third kappa shape index (κ3) is 5.98. The fourth-order valence-electron chi connectivity index (χ4n) is 3.74. The molecule has 1 aromatic carbocycles. The van der Waals surface area contributed by atoms with Crippen molar-refractivity contribution in [1.29, 1.82) is 0 Å². The predicted octanol–water partition coefficient (Wildman–Crippen LogP) is 3.28. The Balaban J connectivity index is 1.77. The molecule has 0 bridgehead atoms. The molecule has 2 heterocycles. The monoisotopic (exact) mass is 461 g/mol. The number of aryl methyl sites for hydroxylation is 1. The molecule has 0 unspecified atom stereocenters. The highest BCUT2D eigenvalue weighted by molar-refractivity contribution is 7.81. The third-order valence-electron chi connectivity index (χ3n) is 5.34. The summed E-state index contributed by atoms with van der Waals surface area (Å²) in [4.78, 5) is 26.0. The van der Waals surface area contributed by atoms with Crippen LogP contribution in [0.2, 0.25) is 0 Å². The van der Waals surface area contributed by atoms with E-state index in [1.54, 1.807) is 36.0 Å². The Bertz CT molecular complexity index is 978. The van der Waals surface area contributed by atoms with Gasteiger partial charge in [0.1, 0.15) is 11.9 Å². The second kappa shape index (κ2) is 11.3. The molecule has 1 aromatic heterocycles. The number of benzene rings is 1. The Labute approximate surface area is 192 Å². The Morgan fingerprint density at radius 3 is 2.84 bits per heavy atom. The van der Waals surface area contributed by atoms with Gasteiger partial charge in [-0.05, 0) is 37.1 Å². The van der Waals surface area contributed by atoms with Crippen molar-refractivity contribution in [1.82, 2.24) is 14.7 Å². The highest BCUT2D eigenvalue weighted by Gasteiger charge is 2.34. The fourth-order valence-corrected chi connectivity index (χ4v) is 4.02. The van der Waals surface area contributed by atoms with Gasteiger partial charge >= 0.3 is 11.9 Å². The normalized spacial score (nSPS) is 19.0. The number of likely N-dealkylation sites (tertiary alicyclic amines) is 1. The van der Waals surface area contributed by atoms with Crippen LogP contribution >= 0.6 is 12.6 Å². The predicted molar refractivity (Wildman–Crippen MR) is 122 cm³/mol. The van der Waals surface area contributed by atoms with Gasteiger partial charge in [-0.1, -0.05) is 18.2 Å². The van der Waals surface area contributed by atoms with Gasteiger partial charge < -0.3 is 9.47 Å². The number of hydrogen-bond donors (Lipinski definition) is 1. The summed E-state index contributed by atoms with van der Waals surface area (Å²) in [6.07, 6.45) is 4.68. The summed E-state index contributed by atoms with van der Waals surface area (Å²) in [7, 11) is 1.31. The molecule has 0 spiro atoms. The first-order valence-corrected chi connectivity index (χ1v) is 11.1. The standard InChI is InChI=1S/C23H28FN3O4S/c1-3-31-21(28)10-13-27-12-8-17(25-27)14-16-15-26(11-9-20(16)32)22(23(29)30-2)18-6-4-5-7-19(18)24/h4-8,12,14,20,22,32H,3,9-11,13,15H2,1-2H3/t20-,22-/m1/s1. The largest absolute Gasteiger partial charge is 0.468 e. The molecule has 0 radical (unpaired) electrons. The molecule has 0 saturated carbocycles. The van der Waals surface area contributed by atoms with Crippen molar-refractivity contribution in [3.8, 4) is 0 Å². The summed E-state index contributed by atoms with van der Waals surface area (Å²) in [6, 6.07) is 7.27. The van der Waals surface area contributed by atoms with E-state index in [1.165, 1.54) is 13.2 Å². The zero-order valence-corrected chi connectivity index (χ0v) is 19.1. The lowest BCUT2D eigenvalue weighted by molar-refractivity contribution is -0.147. The molecule has 172 valence electrons. The molecule has 0 amide bonds. The zero-order chi connectivity index (χ0) is 23.1. The lowest BCUT2D eigenvalue weighted by atomic mass is 9.97. The van der Waals surface area contributed by atoms with E-state index in [0.717, 1.165) is 11.3 Å². The minimum atomic E-state index is -0.840. The number of carbonyl (C=O) groups excluding carboxylic acids is 2. The summed E-state index contributed by atoms with van der Waals surface area (Å²) in [5.74, 6) is -1.21. The topological polar surface area (TPSA) is 73.7 Å². The van der Waals surface area contributed by atoms with E-state index < -0.39 is 17.8 Å². The van der Waals surface area contributed by atoms with E-state index in [1.807, 2.05) is 17.0 Å². The summed E-state index contributed by atoms with van der Waals surface area (Å²) in [6.45, 7) is 3.56. The highest BCUT2D eigenvalue weighted by atomic mass is 32.1. The SMILES string of the molecule is CCOC(=O)CCn1ccc(C=C2CN([C@@H](C(=O)OC)c3ccccc3F)CC[C@H]2S)n1. The van der Waals surface area contributed by atoms with E-state index in [2.05, 4.69) is 5.10 Å². The van der Waals surface area contributed by atoms with Crippen LogP contribution in [0.15, 0.2) is 42.1 Å². The van der Waals surface area contributed by atoms with Gasteiger partial charge in [-0.2, -0.15) is 17.7 Å². The number of rotatable bonds is 8. The first kappa shape index (κ1) is 24.0. The van der Waals surface area contributed by atoms with Gasteiger partial charge in [0.25, 0.3) is 0 Å². The van der Waals surface area contributed by atoms with Crippen LogP contribution in [0.4, 0.5) is 4.39 Å². The second-order valence-corrected chi connectivity index (χ2v) is 8.12. The quantitative estimate of drug-likeness (QED) is 0.481. The lowest BCUT2D eigenvalue weighted by Gasteiger charge is -2.36. The smallest absolute Gasteiger partial charge is 0.327 e. The van der Waals surface area contributed by atoms with Gasteiger partial charge in [-0.15, -0.1) is 0 Å². The van der Waals surface area contributed by atoms with E-state index in [4.69, 9.17) is 22.1 Å².